The Labute approximate surface area is 122 Å². The zero-order chi connectivity index (χ0) is 14.9. The minimum absolute atomic E-state index is 0.0733. The highest BCUT2D eigenvalue weighted by atomic mass is 35.5. The minimum atomic E-state index is -0.580. The SMILES string of the molecule is CCC(C)C(N)C(=O)Nc1cc2c(cc1Cl)NC(=O)C2. The van der Waals surface area contributed by atoms with Crippen molar-refractivity contribution in [2.45, 2.75) is 32.7 Å². The second-order valence-corrected chi connectivity index (χ2v) is 5.52. The summed E-state index contributed by atoms with van der Waals surface area (Å²) >= 11 is 6.11. The number of anilines is 2. The van der Waals surface area contributed by atoms with Crippen LogP contribution in [0.25, 0.3) is 0 Å². The molecule has 0 radical (unpaired) electrons. The number of carbonyl (C=O) groups excluding carboxylic acids is 2. The Kier molecular flexibility index (Phi) is 4.30. The van der Waals surface area contributed by atoms with Crippen LogP contribution in [0.1, 0.15) is 25.8 Å². The lowest BCUT2D eigenvalue weighted by atomic mass is 9.99. The Morgan fingerprint density at radius 3 is 2.90 bits per heavy atom. The molecule has 108 valence electrons. The van der Waals surface area contributed by atoms with E-state index in [2.05, 4.69) is 10.6 Å². The van der Waals surface area contributed by atoms with Crippen molar-refractivity contribution in [3.8, 4) is 0 Å². The Balaban J connectivity index is 2.16. The normalized spacial score (nSPS) is 16.3. The van der Waals surface area contributed by atoms with E-state index in [1.165, 1.54) is 0 Å². The third kappa shape index (κ3) is 2.94. The van der Waals surface area contributed by atoms with Gasteiger partial charge in [-0.2, -0.15) is 0 Å². The maximum atomic E-state index is 12.1. The fourth-order valence-electron chi connectivity index (χ4n) is 2.07. The van der Waals surface area contributed by atoms with Gasteiger partial charge >= 0.3 is 0 Å². The lowest BCUT2D eigenvalue weighted by Gasteiger charge is -2.18. The number of hydrogen-bond donors (Lipinski definition) is 3. The molecule has 0 spiro atoms. The molecular formula is C14H18ClN3O2. The summed E-state index contributed by atoms with van der Waals surface area (Å²) in [6.07, 6.45) is 1.12. The van der Waals surface area contributed by atoms with Gasteiger partial charge in [0.25, 0.3) is 0 Å². The quantitative estimate of drug-likeness (QED) is 0.796. The predicted molar refractivity (Wildman–Crippen MR) is 79.8 cm³/mol. The second kappa shape index (κ2) is 5.81. The fourth-order valence-corrected chi connectivity index (χ4v) is 2.28. The van der Waals surface area contributed by atoms with Crippen molar-refractivity contribution in [1.29, 1.82) is 0 Å². The number of benzene rings is 1. The lowest BCUT2D eigenvalue weighted by molar-refractivity contribution is -0.118. The van der Waals surface area contributed by atoms with E-state index in [9.17, 15) is 9.59 Å². The highest BCUT2D eigenvalue weighted by Gasteiger charge is 2.23. The summed E-state index contributed by atoms with van der Waals surface area (Å²) in [4.78, 5) is 23.4. The van der Waals surface area contributed by atoms with E-state index >= 15 is 0 Å². The number of fused-ring (bicyclic) bond motifs is 1. The van der Waals surface area contributed by atoms with Gasteiger partial charge in [0.15, 0.2) is 0 Å². The third-order valence-corrected chi connectivity index (χ3v) is 3.95. The molecule has 2 atom stereocenters. The smallest absolute Gasteiger partial charge is 0.241 e. The van der Waals surface area contributed by atoms with Gasteiger partial charge in [0, 0.05) is 5.69 Å². The lowest BCUT2D eigenvalue weighted by Crippen LogP contribution is -2.40. The molecule has 0 aliphatic carbocycles. The van der Waals surface area contributed by atoms with E-state index in [-0.39, 0.29) is 17.7 Å². The summed E-state index contributed by atoms with van der Waals surface area (Å²) in [7, 11) is 0. The molecule has 4 N–H and O–H groups in total. The van der Waals surface area contributed by atoms with Crippen molar-refractivity contribution in [3.63, 3.8) is 0 Å². The van der Waals surface area contributed by atoms with Crippen LogP contribution in [-0.2, 0) is 16.0 Å². The van der Waals surface area contributed by atoms with Gasteiger partial charge in [-0.15, -0.1) is 0 Å². The van der Waals surface area contributed by atoms with E-state index in [4.69, 9.17) is 17.3 Å². The first kappa shape index (κ1) is 14.8. The van der Waals surface area contributed by atoms with Gasteiger partial charge in [-0.3, -0.25) is 9.59 Å². The van der Waals surface area contributed by atoms with Crippen LogP contribution in [0.2, 0.25) is 5.02 Å². The average molecular weight is 296 g/mol. The maximum Gasteiger partial charge on any atom is 0.241 e. The highest BCUT2D eigenvalue weighted by Crippen LogP contribution is 2.33. The molecule has 1 heterocycles. The van der Waals surface area contributed by atoms with E-state index in [0.717, 1.165) is 12.0 Å². The first-order valence-electron chi connectivity index (χ1n) is 6.61. The first-order chi connectivity index (χ1) is 9.42. The van der Waals surface area contributed by atoms with E-state index in [0.29, 0.717) is 22.8 Å². The molecule has 0 aromatic heterocycles. The van der Waals surface area contributed by atoms with Gasteiger partial charge in [-0.1, -0.05) is 31.9 Å². The molecule has 2 unspecified atom stereocenters. The van der Waals surface area contributed by atoms with E-state index in [1.807, 2.05) is 13.8 Å². The summed E-state index contributed by atoms with van der Waals surface area (Å²) in [6.45, 7) is 3.91. The van der Waals surface area contributed by atoms with Crippen molar-refractivity contribution in [3.05, 3.63) is 22.7 Å². The molecule has 1 aliphatic rings. The summed E-state index contributed by atoms with van der Waals surface area (Å²) < 4.78 is 0. The molecule has 2 rings (SSSR count). The largest absolute Gasteiger partial charge is 0.325 e. The highest BCUT2D eigenvalue weighted by molar-refractivity contribution is 6.34. The number of nitrogens with one attached hydrogen (secondary N) is 2. The van der Waals surface area contributed by atoms with Crippen molar-refractivity contribution in [1.82, 2.24) is 0 Å². The van der Waals surface area contributed by atoms with Crippen molar-refractivity contribution in [2.24, 2.45) is 11.7 Å². The minimum Gasteiger partial charge on any atom is -0.325 e. The molecule has 0 bridgehead atoms. The van der Waals surface area contributed by atoms with Crippen LogP contribution in [0.4, 0.5) is 11.4 Å². The zero-order valence-electron chi connectivity index (χ0n) is 11.5. The standard InChI is InChI=1S/C14H18ClN3O2/c1-3-7(2)13(16)14(20)18-11-4-8-5-12(19)17-10(8)6-9(11)15/h4,6-7,13H,3,5,16H2,1-2H3,(H,17,19)(H,18,20). The maximum absolute atomic E-state index is 12.1. The molecule has 0 saturated heterocycles. The molecule has 1 aliphatic heterocycles. The van der Waals surface area contributed by atoms with Crippen LogP contribution >= 0.6 is 11.6 Å². The predicted octanol–water partition coefficient (Wildman–Crippen LogP) is 2.15. The molecule has 6 heteroatoms. The zero-order valence-corrected chi connectivity index (χ0v) is 12.3. The number of halogens is 1. The average Bonchev–Trinajstić information content (AvgIpc) is 2.76. The summed E-state index contributed by atoms with van der Waals surface area (Å²) in [6, 6.07) is 2.78. The van der Waals surface area contributed by atoms with Crippen LogP contribution in [-0.4, -0.2) is 17.9 Å². The van der Waals surface area contributed by atoms with Crippen LogP contribution in [0.15, 0.2) is 12.1 Å². The van der Waals surface area contributed by atoms with Gasteiger partial charge in [0.05, 0.1) is 23.2 Å². The third-order valence-electron chi connectivity index (χ3n) is 3.64. The monoisotopic (exact) mass is 295 g/mol. The summed E-state index contributed by atoms with van der Waals surface area (Å²) in [5.74, 6) is -0.249. The van der Waals surface area contributed by atoms with Crippen molar-refractivity contribution >= 4 is 34.8 Å². The van der Waals surface area contributed by atoms with E-state index < -0.39 is 6.04 Å². The number of rotatable bonds is 4. The molecule has 5 nitrogen and oxygen atoms in total. The van der Waals surface area contributed by atoms with E-state index in [1.54, 1.807) is 12.1 Å². The van der Waals surface area contributed by atoms with Gasteiger partial charge < -0.3 is 16.4 Å². The Morgan fingerprint density at radius 2 is 2.25 bits per heavy atom. The number of carbonyl (C=O) groups is 2. The van der Waals surface area contributed by atoms with Gasteiger partial charge in [-0.25, -0.2) is 0 Å². The molecule has 1 aromatic rings. The van der Waals surface area contributed by atoms with Gasteiger partial charge in [-0.05, 0) is 23.6 Å². The molecule has 20 heavy (non-hydrogen) atoms. The van der Waals surface area contributed by atoms with Crippen LogP contribution in [0.5, 0.6) is 0 Å². The van der Waals surface area contributed by atoms with Gasteiger partial charge in [0.1, 0.15) is 0 Å². The number of nitrogens with two attached hydrogens (primary N) is 1. The number of hydrogen-bond acceptors (Lipinski definition) is 3. The Bertz CT molecular complexity index is 560. The first-order valence-corrected chi connectivity index (χ1v) is 6.99. The molecule has 0 saturated carbocycles. The number of amides is 2. The second-order valence-electron chi connectivity index (χ2n) is 5.11. The topological polar surface area (TPSA) is 84.2 Å². The van der Waals surface area contributed by atoms with Crippen molar-refractivity contribution < 1.29 is 9.59 Å². The Morgan fingerprint density at radius 1 is 1.55 bits per heavy atom. The van der Waals surface area contributed by atoms with Gasteiger partial charge in [0.2, 0.25) is 11.8 Å². The molecule has 1 aromatic carbocycles. The van der Waals surface area contributed by atoms with Crippen molar-refractivity contribution in [2.75, 3.05) is 10.6 Å². The Hall–Kier alpha value is -1.59. The summed E-state index contributed by atoms with van der Waals surface area (Å²) in [5, 5.41) is 5.83. The fraction of sp³-hybridized carbons (Fsp3) is 0.429. The van der Waals surface area contributed by atoms with Crippen LogP contribution in [0, 0.1) is 5.92 Å². The molecule has 2 amide bonds. The summed E-state index contributed by atoms with van der Waals surface area (Å²) in [5.41, 5.74) is 7.90. The molecular weight excluding hydrogens is 278 g/mol. The molecule has 0 fully saturated rings. The van der Waals surface area contributed by atoms with Crippen LogP contribution in [0.3, 0.4) is 0 Å². The van der Waals surface area contributed by atoms with Crippen LogP contribution < -0.4 is 16.4 Å².